The molecule has 1 aromatic heterocycles. The van der Waals surface area contributed by atoms with Gasteiger partial charge in [0.25, 0.3) is 5.56 Å². The first-order valence-corrected chi connectivity index (χ1v) is 7.14. The Balaban J connectivity index is 1.76. The molecule has 2 aromatic rings. The minimum absolute atomic E-state index is 0.0113. The van der Waals surface area contributed by atoms with Crippen molar-refractivity contribution in [3.63, 3.8) is 0 Å². The van der Waals surface area contributed by atoms with Crippen LogP contribution in [0.25, 0.3) is 0 Å². The summed E-state index contributed by atoms with van der Waals surface area (Å²) in [6.07, 6.45) is 2.20. The van der Waals surface area contributed by atoms with Crippen LogP contribution in [-0.2, 0) is 24.2 Å². The maximum Gasteiger partial charge on any atom is 0.254 e. The summed E-state index contributed by atoms with van der Waals surface area (Å²) >= 11 is 0. The lowest BCUT2D eigenvalue weighted by atomic mass is 10.0. The molecule has 1 N–H and O–H groups in total. The molecule has 0 bridgehead atoms. The average Bonchev–Trinajstić information content (AvgIpc) is 2.55. The fourth-order valence-electron chi connectivity index (χ4n) is 2.70. The second-order valence-corrected chi connectivity index (χ2v) is 5.21. The number of aromatic amines is 1. The summed E-state index contributed by atoms with van der Waals surface area (Å²) in [5.41, 5.74) is 2.12. The van der Waals surface area contributed by atoms with E-state index < -0.39 is 0 Å². The molecule has 0 atom stereocenters. The fraction of sp³-hybridized carbons (Fsp3) is 0.312. The van der Waals surface area contributed by atoms with Crippen LogP contribution in [0.1, 0.15) is 16.8 Å². The Labute approximate surface area is 127 Å². The molecule has 0 unspecified atom stereocenters. The molecule has 22 heavy (non-hydrogen) atoms. The van der Waals surface area contributed by atoms with Gasteiger partial charge < -0.3 is 14.6 Å². The summed E-state index contributed by atoms with van der Waals surface area (Å²) in [6.45, 7) is 0.920. The van der Waals surface area contributed by atoms with Crippen LogP contribution in [0.3, 0.4) is 0 Å². The Hall–Kier alpha value is -2.63. The number of ether oxygens (including phenoxy) is 1. The molecule has 6 nitrogen and oxygen atoms in total. The lowest BCUT2D eigenvalue weighted by Crippen LogP contribution is -2.39. The lowest BCUT2D eigenvalue weighted by Gasteiger charge is -2.27. The van der Waals surface area contributed by atoms with E-state index in [0.29, 0.717) is 36.5 Å². The number of hydrogen-bond acceptors (Lipinski definition) is 4. The average molecular weight is 299 g/mol. The predicted molar refractivity (Wildman–Crippen MR) is 80.7 cm³/mol. The van der Waals surface area contributed by atoms with Gasteiger partial charge in [-0.15, -0.1) is 0 Å². The van der Waals surface area contributed by atoms with E-state index in [9.17, 15) is 9.59 Å². The molecular weight excluding hydrogens is 282 g/mol. The van der Waals surface area contributed by atoms with Crippen LogP contribution in [0.5, 0.6) is 5.75 Å². The number of nitrogens with zero attached hydrogens (tertiary/aromatic N) is 2. The molecule has 0 aliphatic carbocycles. The van der Waals surface area contributed by atoms with Crippen molar-refractivity contribution in [2.75, 3.05) is 13.7 Å². The number of carbonyl (C=O) groups excluding carboxylic acids is 1. The monoisotopic (exact) mass is 299 g/mol. The highest BCUT2D eigenvalue weighted by atomic mass is 16.5. The molecule has 1 aliphatic rings. The smallest absolute Gasteiger partial charge is 0.254 e. The summed E-state index contributed by atoms with van der Waals surface area (Å²) in [7, 11) is 1.59. The minimum Gasteiger partial charge on any atom is -0.496 e. The zero-order chi connectivity index (χ0) is 15.5. The van der Waals surface area contributed by atoms with Crippen LogP contribution in [-0.4, -0.2) is 34.4 Å². The molecular formula is C16H17N3O3. The van der Waals surface area contributed by atoms with Crippen LogP contribution in [0.4, 0.5) is 0 Å². The number of carbonyl (C=O) groups is 1. The molecule has 0 spiro atoms. The molecule has 1 amide bonds. The van der Waals surface area contributed by atoms with E-state index in [0.717, 1.165) is 5.56 Å². The van der Waals surface area contributed by atoms with Crippen LogP contribution >= 0.6 is 0 Å². The van der Waals surface area contributed by atoms with Crippen molar-refractivity contribution >= 4 is 5.91 Å². The molecule has 0 radical (unpaired) electrons. The van der Waals surface area contributed by atoms with Gasteiger partial charge in [-0.25, -0.2) is 4.98 Å². The molecule has 1 aromatic carbocycles. The van der Waals surface area contributed by atoms with Gasteiger partial charge >= 0.3 is 0 Å². The van der Waals surface area contributed by atoms with Gasteiger partial charge in [0.15, 0.2) is 0 Å². The predicted octanol–water partition coefficient (Wildman–Crippen LogP) is 0.906. The first-order chi connectivity index (χ1) is 10.7. The lowest BCUT2D eigenvalue weighted by molar-refractivity contribution is -0.131. The molecule has 114 valence electrons. The Bertz CT molecular complexity index is 754. The largest absolute Gasteiger partial charge is 0.496 e. The molecule has 1 aliphatic heterocycles. The second kappa shape index (κ2) is 6.01. The maximum atomic E-state index is 12.5. The summed E-state index contributed by atoms with van der Waals surface area (Å²) in [4.78, 5) is 32.7. The summed E-state index contributed by atoms with van der Waals surface area (Å²) < 4.78 is 5.28. The summed E-state index contributed by atoms with van der Waals surface area (Å²) in [6, 6.07) is 7.49. The molecule has 0 saturated heterocycles. The van der Waals surface area contributed by atoms with Crippen molar-refractivity contribution in [3.8, 4) is 5.75 Å². The van der Waals surface area contributed by atoms with E-state index in [2.05, 4.69) is 9.97 Å². The second-order valence-electron chi connectivity index (χ2n) is 5.21. The Morgan fingerprint density at radius 1 is 1.41 bits per heavy atom. The normalized spacial score (nSPS) is 13.6. The van der Waals surface area contributed by atoms with Crippen molar-refractivity contribution in [2.24, 2.45) is 0 Å². The van der Waals surface area contributed by atoms with Crippen molar-refractivity contribution in [3.05, 3.63) is 57.8 Å². The number of rotatable bonds is 3. The van der Waals surface area contributed by atoms with Gasteiger partial charge in [-0.05, 0) is 12.5 Å². The Kier molecular flexibility index (Phi) is 3.91. The Morgan fingerprint density at radius 2 is 2.23 bits per heavy atom. The number of H-pyrrole nitrogens is 1. The van der Waals surface area contributed by atoms with Crippen LogP contribution in [0.15, 0.2) is 35.4 Å². The van der Waals surface area contributed by atoms with E-state index >= 15 is 0 Å². The van der Waals surface area contributed by atoms with Crippen molar-refractivity contribution < 1.29 is 9.53 Å². The maximum absolute atomic E-state index is 12.5. The highest BCUT2D eigenvalue weighted by Gasteiger charge is 2.24. The van der Waals surface area contributed by atoms with Gasteiger partial charge in [-0.2, -0.15) is 0 Å². The fourth-order valence-corrected chi connectivity index (χ4v) is 2.70. The standard InChI is InChI=1S/C16H17N3O3/c1-22-14-5-3-2-4-11(14)8-15(20)19-7-6-12-13(9-19)17-10-18-16(12)21/h2-5,10H,6-9H2,1H3,(H,17,18,21). The van der Waals surface area contributed by atoms with Crippen molar-refractivity contribution in [1.29, 1.82) is 0 Å². The van der Waals surface area contributed by atoms with Crippen LogP contribution in [0, 0.1) is 0 Å². The SMILES string of the molecule is COc1ccccc1CC(=O)N1CCc2c(nc[nH]c2=O)C1. The van der Waals surface area contributed by atoms with Gasteiger partial charge in [0, 0.05) is 17.7 Å². The minimum atomic E-state index is -0.109. The first kappa shape index (κ1) is 14.3. The van der Waals surface area contributed by atoms with E-state index in [1.54, 1.807) is 12.0 Å². The molecule has 2 heterocycles. The number of fused-ring (bicyclic) bond motifs is 1. The van der Waals surface area contributed by atoms with Crippen LogP contribution in [0.2, 0.25) is 0 Å². The summed E-state index contributed by atoms with van der Waals surface area (Å²) in [5.74, 6) is 0.722. The topological polar surface area (TPSA) is 75.3 Å². The zero-order valence-electron chi connectivity index (χ0n) is 12.3. The number of hydrogen-bond donors (Lipinski definition) is 1. The van der Waals surface area contributed by atoms with Crippen LogP contribution < -0.4 is 10.3 Å². The molecule has 6 heteroatoms. The number of para-hydroxylation sites is 1. The number of benzene rings is 1. The van der Waals surface area contributed by atoms with Gasteiger partial charge in [-0.3, -0.25) is 9.59 Å². The van der Waals surface area contributed by atoms with Gasteiger partial charge in [0.1, 0.15) is 5.75 Å². The summed E-state index contributed by atoms with van der Waals surface area (Å²) in [5, 5.41) is 0. The van der Waals surface area contributed by atoms with Gasteiger partial charge in [0.05, 0.1) is 32.1 Å². The molecule has 0 fully saturated rings. The Morgan fingerprint density at radius 3 is 3.05 bits per heavy atom. The molecule has 0 saturated carbocycles. The number of methoxy groups -OCH3 is 1. The van der Waals surface area contributed by atoms with Crippen molar-refractivity contribution in [1.82, 2.24) is 14.9 Å². The number of nitrogens with one attached hydrogen (secondary N) is 1. The third kappa shape index (κ3) is 2.72. The quantitative estimate of drug-likeness (QED) is 0.914. The van der Waals surface area contributed by atoms with E-state index in [4.69, 9.17) is 4.74 Å². The van der Waals surface area contributed by atoms with Crippen molar-refractivity contribution in [2.45, 2.75) is 19.4 Å². The third-order valence-electron chi connectivity index (χ3n) is 3.90. The molecule has 3 rings (SSSR count). The van der Waals surface area contributed by atoms with Gasteiger partial charge in [-0.1, -0.05) is 18.2 Å². The highest BCUT2D eigenvalue weighted by molar-refractivity contribution is 5.79. The number of amides is 1. The van der Waals surface area contributed by atoms with E-state index in [1.807, 2.05) is 24.3 Å². The van der Waals surface area contributed by atoms with Gasteiger partial charge in [0.2, 0.25) is 5.91 Å². The number of aromatic nitrogens is 2. The third-order valence-corrected chi connectivity index (χ3v) is 3.90. The van der Waals surface area contributed by atoms with E-state index in [1.165, 1.54) is 6.33 Å². The van der Waals surface area contributed by atoms with E-state index in [-0.39, 0.29) is 17.9 Å². The first-order valence-electron chi connectivity index (χ1n) is 7.14. The zero-order valence-corrected chi connectivity index (χ0v) is 12.3. The highest BCUT2D eigenvalue weighted by Crippen LogP contribution is 2.20.